The predicted molar refractivity (Wildman–Crippen MR) is 71.9 cm³/mol. The molecule has 0 aliphatic carbocycles. The number of aliphatic hydroxyl groups is 1. The van der Waals surface area contributed by atoms with Gasteiger partial charge in [-0.1, -0.05) is 0 Å². The first-order chi connectivity index (χ1) is 9.29. The van der Waals surface area contributed by atoms with Crippen LogP contribution in [0.15, 0.2) is 0 Å². The Bertz CT molecular complexity index is 282. The van der Waals surface area contributed by atoms with Gasteiger partial charge >= 0.3 is 0 Å². The molecule has 1 unspecified atom stereocenters. The second kappa shape index (κ2) is 7.79. The lowest BCUT2D eigenvalue weighted by Crippen LogP contribution is -2.45. The highest BCUT2D eigenvalue weighted by molar-refractivity contribution is 5.76. The molecule has 2 heterocycles. The summed E-state index contributed by atoms with van der Waals surface area (Å²) in [5.41, 5.74) is 0. The quantitative estimate of drug-likeness (QED) is 0.679. The third-order valence-electron chi connectivity index (χ3n) is 3.78. The molecule has 2 aliphatic rings. The Hall–Kier alpha value is -0.690. The highest BCUT2D eigenvalue weighted by Crippen LogP contribution is 2.07. The molecule has 0 spiro atoms. The zero-order chi connectivity index (χ0) is 13.5. The Morgan fingerprint density at radius 2 is 2.21 bits per heavy atom. The van der Waals surface area contributed by atoms with Gasteiger partial charge in [0.15, 0.2) is 0 Å². The number of hydrogen-bond acceptors (Lipinski definition) is 5. The maximum atomic E-state index is 12.2. The zero-order valence-corrected chi connectivity index (χ0v) is 11.5. The van der Waals surface area contributed by atoms with Crippen LogP contribution in [0.3, 0.4) is 0 Å². The fourth-order valence-electron chi connectivity index (χ4n) is 2.68. The van der Waals surface area contributed by atoms with Gasteiger partial charge in [0.25, 0.3) is 0 Å². The Labute approximate surface area is 114 Å². The topological polar surface area (TPSA) is 65.0 Å². The molecule has 6 nitrogen and oxygen atoms in total. The van der Waals surface area contributed by atoms with E-state index in [1.165, 1.54) is 0 Å². The van der Waals surface area contributed by atoms with Gasteiger partial charge in [-0.2, -0.15) is 0 Å². The lowest BCUT2D eigenvalue weighted by Gasteiger charge is -2.27. The van der Waals surface area contributed by atoms with Gasteiger partial charge in [0.2, 0.25) is 5.91 Å². The Morgan fingerprint density at radius 1 is 1.32 bits per heavy atom. The van der Waals surface area contributed by atoms with Crippen LogP contribution in [0.4, 0.5) is 0 Å². The summed E-state index contributed by atoms with van der Waals surface area (Å²) in [6.07, 6.45) is 1.51. The molecule has 0 aromatic carbocycles. The molecule has 19 heavy (non-hydrogen) atoms. The number of hydrogen-bond donors (Lipinski definition) is 2. The molecule has 110 valence electrons. The Kier molecular flexibility index (Phi) is 6.03. The standard InChI is InChI=1S/C13H25N3O3/c17-8-7-15-3-1-4-16(6-5-15)13(18)10-12-11-19-9-2-14-12/h12,14,17H,1-11H2. The van der Waals surface area contributed by atoms with E-state index in [1.54, 1.807) is 0 Å². The van der Waals surface area contributed by atoms with E-state index >= 15 is 0 Å². The Morgan fingerprint density at radius 3 is 2.95 bits per heavy atom. The number of amides is 1. The van der Waals surface area contributed by atoms with E-state index in [4.69, 9.17) is 9.84 Å². The third kappa shape index (κ3) is 4.72. The average molecular weight is 271 g/mol. The molecule has 2 N–H and O–H groups in total. The molecule has 2 saturated heterocycles. The molecule has 6 heteroatoms. The lowest BCUT2D eigenvalue weighted by atomic mass is 10.1. The van der Waals surface area contributed by atoms with Crippen molar-refractivity contribution in [2.24, 2.45) is 0 Å². The van der Waals surface area contributed by atoms with Crippen LogP contribution >= 0.6 is 0 Å². The van der Waals surface area contributed by atoms with Crippen LogP contribution in [0.25, 0.3) is 0 Å². The van der Waals surface area contributed by atoms with E-state index in [9.17, 15) is 4.79 Å². The van der Waals surface area contributed by atoms with E-state index < -0.39 is 0 Å². The highest BCUT2D eigenvalue weighted by Gasteiger charge is 2.23. The van der Waals surface area contributed by atoms with Gasteiger partial charge in [-0.3, -0.25) is 9.69 Å². The number of morpholine rings is 1. The smallest absolute Gasteiger partial charge is 0.224 e. The van der Waals surface area contributed by atoms with Gasteiger partial charge in [0.1, 0.15) is 0 Å². The van der Waals surface area contributed by atoms with Crippen molar-refractivity contribution < 1.29 is 14.6 Å². The van der Waals surface area contributed by atoms with Gasteiger partial charge in [-0.25, -0.2) is 0 Å². The Balaban J connectivity index is 1.75. The van der Waals surface area contributed by atoms with Gasteiger partial charge in [-0.15, -0.1) is 0 Å². The SMILES string of the molecule is O=C(CC1COCCN1)N1CCCN(CCO)CC1. The molecular formula is C13H25N3O3. The summed E-state index contributed by atoms with van der Waals surface area (Å²) in [6.45, 7) is 6.54. The van der Waals surface area contributed by atoms with Crippen molar-refractivity contribution in [3.8, 4) is 0 Å². The molecule has 2 fully saturated rings. The number of β-amino-alcohol motifs (C(OH)–C–C–N with tert-alkyl or cyclic N) is 1. The van der Waals surface area contributed by atoms with Crippen molar-refractivity contribution in [2.75, 3.05) is 59.1 Å². The van der Waals surface area contributed by atoms with Crippen molar-refractivity contribution in [1.29, 1.82) is 0 Å². The summed E-state index contributed by atoms with van der Waals surface area (Å²) in [6, 6.07) is 0.165. The first-order valence-electron chi connectivity index (χ1n) is 7.21. The van der Waals surface area contributed by atoms with E-state index in [0.717, 1.165) is 45.8 Å². The summed E-state index contributed by atoms with van der Waals surface area (Å²) < 4.78 is 5.37. The van der Waals surface area contributed by atoms with Crippen molar-refractivity contribution in [3.63, 3.8) is 0 Å². The van der Waals surface area contributed by atoms with E-state index in [0.29, 0.717) is 19.6 Å². The zero-order valence-electron chi connectivity index (χ0n) is 11.5. The van der Waals surface area contributed by atoms with Gasteiger partial charge in [0.05, 0.1) is 19.8 Å². The summed E-state index contributed by atoms with van der Waals surface area (Å²) in [7, 11) is 0. The van der Waals surface area contributed by atoms with Gasteiger partial charge in [-0.05, 0) is 13.0 Å². The largest absolute Gasteiger partial charge is 0.395 e. The highest BCUT2D eigenvalue weighted by atomic mass is 16.5. The normalized spacial score (nSPS) is 26.2. The van der Waals surface area contributed by atoms with E-state index in [-0.39, 0.29) is 18.6 Å². The van der Waals surface area contributed by atoms with Crippen molar-refractivity contribution in [1.82, 2.24) is 15.1 Å². The van der Waals surface area contributed by atoms with Crippen molar-refractivity contribution in [2.45, 2.75) is 18.9 Å². The third-order valence-corrected chi connectivity index (χ3v) is 3.78. The number of carbonyl (C=O) groups excluding carboxylic acids is 1. The molecule has 2 aliphatic heterocycles. The number of rotatable bonds is 4. The molecule has 1 amide bonds. The number of aliphatic hydroxyl groups excluding tert-OH is 1. The molecule has 0 aromatic heterocycles. The number of ether oxygens (including phenoxy) is 1. The van der Waals surface area contributed by atoms with Crippen LogP contribution in [-0.2, 0) is 9.53 Å². The maximum absolute atomic E-state index is 12.2. The summed E-state index contributed by atoms with van der Waals surface area (Å²) in [5.74, 6) is 0.217. The fourth-order valence-corrected chi connectivity index (χ4v) is 2.68. The minimum Gasteiger partial charge on any atom is -0.395 e. The average Bonchev–Trinajstić information content (AvgIpc) is 2.66. The molecule has 1 atom stereocenters. The van der Waals surface area contributed by atoms with Gasteiger partial charge < -0.3 is 20.1 Å². The minimum atomic E-state index is 0.165. The molecule has 0 radical (unpaired) electrons. The lowest BCUT2D eigenvalue weighted by molar-refractivity contribution is -0.132. The molecular weight excluding hydrogens is 246 g/mol. The maximum Gasteiger partial charge on any atom is 0.224 e. The summed E-state index contributed by atoms with van der Waals surface area (Å²) in [4.78, 5) is 16.4. The van der Waals surface area contributed by atoms with Crippen LogP contribution < -0.4 is 5.32 Å². The van der Waals surface area contributed by atoms with Crippen molar-refractivity contribution >= 4 is 5.91 Å². The van der Waals surface area contributed by atoms with Crippen LogP contribution in [0.5, 0.6) is 0 Å². The molecule has 0 bridgehead atoms. The van der Waals surface area contributed by atoms with Crippen molar-refractivity contribution in [3.05, 3.63) is 0 Å². The van der Waals surface area contributed by atoms with Crippen LogP contribution in [0, 0.1) is 0 Å². The number of carbonyl (C=O) groups is 1. The molecule has 0 aromatic rings. The predicted octanol–water partition coefficient (Wildman–Crippen LogP) is -1.11. The summed E-state index contributed by atoms with van der Waals surface area (Å²) >= 11 is 0. The first-order valence-corrected chi connectivity index (χ1v) is 7.21. The monoisotopic (exact) mass is 271 g/mol. The fraction of sp³-hybridized carbons (Fsp3) is 0.923. The summed E-state index contributed by atoms with van der Waals surface area (Å²) in [5, 5.41) is 12.3. The van der Waals surface area contributed by atoms with Gasteiger partial charge in [0, 0.05) is 45.2 Å². The van der Waals surface area contributed by atoms with Crippen LogP contribution in [0.2, 0.25) is 0 Å². The molecule has 2 rings (SSSR count). The number of nitrogens with zero attached hydrogens (tertiary/aromatic N) is 2. The second-order valence-electron chi connectivity index (χ2n) is 5.23. The van der Waals surface area contributed by atoms with E-state index in [1.807, 2.05) is 4.90 Å². The van der Waals surface area contributed by atoms with Crippen LogP contribution in [-0.4, -0.2) is 85.9 Å². The number of nitrogens with one attached hydrogen (secondary N) is 1. The van der Waals surface area contributed by atoms with Crippen LogP contribution in [0.1, 0.15) is 12.8 Å². The second-order valence-corrected chi connectivity index (χ2v) is 5.23. The molecule has 0 saturated carbocycles. The first kappa shape index (κ1) is 14.7. The van der Waals surface area contributed by atoms with E-state index in [2.05, 4.69) is 10.2 Å². The minimum absolute atomic E-state index is 0.165.